The van der Waals surface area contributed by atoms with E-state index in [0.717, 1.165) is 5.01 Å². The Labute approximate surface area is 191 Å². The highest BCUT2D eigenvalue weighted by Gasteiger charge is 2.58. The number of hydrogen-bond donors (Lipinski definition) is 2. The third-order valence-corrected chi connectivity index (χ3v) is 5.94. The summed E-state index contributed by atoms with van der Waals surface area (Å²) in [6.07, 6.45) is -5.83. The van der Waals surface area contributed by atoms with Gasteiger partial charge in [-0.3, -0.25) is 9.59 Å². The number of ketones is 1. The smallest absolute Gasteiger partial charge is 0.406 e. The number of oxazole rings is 1. The molecule has 3 aromatic rings. The van der Waals surface area contributed by atoms with Crippen LogP contribution in [0.15, 0.2) is 58.6 Å². The van der Waals surface area contributed by atoms with Crippen LogP contribution >= 0.6 is 0 Å². The van der Waals surface area contributed by atoms with Crippen molar-refractivity contribution in [2.75, 3.05) is 7.11 Å². The van der Waals surface area contributed by atoms with Gasteiger partial charge in [0.1, 0.15) is 23.5 Å². The Hall–Kier alpha value is -3.86. The minimum absolute atomic E-state index is 0.165. The second-order valence-electron chi connectivity index (χ2n) is 7.98. The summed E-state index contributed by atoms with van der Waals surface area (Å²) in [6, 6.07) is 10.9. The number of allylic oxidation sites excluding steroid dienone is 1. The maximum atomic E-state index is 14.0. The van der Waals surface area contributed by atoms with Crippen LogP contribution in [-0.2, 0) is 9.59 Å². The van der Waals surface area contributed by atoms with E-state index in [-0.39, 0.29) is 17.2 Å². The number of ether oxygens (including phenoxy) is 1. The summed E-state index contributed by atoms with van der Waals surface area (Å²) in [5.41, 5.74) is 2.85. The fourth-order valence-electron chi connectivity index (χ4n) is 4.44. The average molecular weight is 472 g/mol. The topological polar surface area (TPSA) is 96.7 Å². The number of para-hydroxylation sites is 1. The van der Waals surface area contributed by atoms with Crippen LogP contribution in [0.1, 0.15) is 24.3 Å². The molecule has 1 amide bonds. The Bertz CT molecular complexity index is 1320. The van der Waals surface area contributed by atoms with Crippen molar-refractivity contribution in [3.63, 3.8) is 0 Å². The van der Waals surface area contributed by atoms with Gasteiger partial charge in [-0.25, -0.2) is 15.4 Å². The number of hydrogen-bond acceptors (Lipinski definition) is 7. The lowest BCUT2D eigenvalue weighted by Gasteiger charge is -2.34. The zero-order chi connectivity index (χ0) is 24.2. The van der Waals surface area contributed by atoms with Crippen LogP contribution in [0.2, 0.25) is 0 Å². The van der Waals surface area contributed by atoms with Crippen molar-refractivity contribution in [2.45, 2.75) is 31.2 Å². The zero-order valence-corrected chi connectivity index (χ0v) is 18.0. The van der Waals surface area contributed by atoms with E-state index in [1.165, 1.54) is 14.0 Å². The monoisotopic (exact) mass is 472 g/mol. The van der Waals surface area contributed by atoms with Crippen molar-refractivity contribution >= 4 is 28.4 Å². The van der Waals surface area contributed by atoms with Crippen LogP contribution in [0.4, 0.5) is 13.2 Å². The van der Waals surface area contributed by atoms with E-state index < -0.39 is 36.0 Å². The molecule has 8 nitrogen and oxygen atoms in total. The molecule has 0 saturated carbocycles. The fraction of sp³-hybridized carbons (Fsp3) is 0.261. The normalized spacial score (nSPS) is 22.7. The summed E-state index contributed by atoms with van der Waals surface area (Å²) in [5, 5.41) is 3.72. The highest BCUT2D eigenvalue weighted by molar-refractivity contribution is 6.25. The number of nitrogens with one attached hydrogen (secondary N) is 2. The second-order valence-corrected chi connectivity index (χ2v) is 7.98. The molecule has 2 N–H and O–H groups in total. The van der Waals surface area contributed by atoms with Gasteiger partial charge in [-0.05, 0) is 17.7 Å². The Morgan fingerprint density at radius 2 is 1.88 bits per heavy atom. The molecule has 0 spiro atoms. The van der Waals surface area contributed by atoms with Gasteiger partial charge in [0, 0.05) is 6.92 Å². The van der Waals surface area contributed by atoms with E-state index in [0.29, 0.717) is 22.4 Å². The molecule has 0 aliphatic carbocycles. The molecule has 3 heterocycles. The molecule has 0 radical (unpaired) electrons. The summed E-state index contributed by atoms with van der Waals surface area (Å²) >= 11 is 0. The number of nitrogens with zero attached hydrogens (tertiary/aromatic N) is 2. The van der Waals surface area contributed by atoms with E-state index in [4.69, 9.17) is 9.15 Å². The third-order valence-electron chi connectivity index (χ3n) is 5.94. The van der Waals surface area contributed by atoms with E-state index in [2.05, 4.69) is 15.7 Å². The Kier molecular flexibility index (Phi) is 5.08. The SMILES string of the molecule is COc1cccc2oc(C3=C(C(C)=O)NC4C(c5ccccc5)C(C(F)(F)F)NN4C3=O)nc12. The predicted molar refractivity (Wildman–Crippen MR) is 114 cm³/mol. The molecule has 0 bridgehead atoms. The molecule has 1 aromatic heterocycles. The number of alkyl halides is 3. The molecule has 11 heteroatoms. The minimum atomic E-state index is -4.67. The van der Waals surface area contributed by atoms with Gasteiger partial charge in [0.25, 0.3) is 5.91 Å². The summed E-state index contributed by atoms with van der Waals surface area (Å²) in [4.78, 5) is 30.4. The van der Waals surface area contributed by atoms with Gasteiger partial charge in [0.2, 0.25) is 5.89 Å². The summed E-state index contributed by atoms with van der Waals surface area (Å²) < 4.78 is 53.0. The lowest BCUT2D eigenvalue weighted by Crippen LogP contribution is -2.55. The van der Waals surface area contributed by atoms with E-state index in [9.17, 15) is 22.8 Å². The number of Topliss-reactive ketones (excluding diaryl/α,β-unsaturated/α-hetero) is 1. The summed E-state index contributed by atoms with van der Waals surface area (Å²) in [5.74, 6) is -2.42. The third kappa shape index (κ3) is 3.39. The van der Waals surface area contributed by atoms with Gasteiger partial charge in [-0.2, -0.15) is 13.2 Å². The standard InChI is InChI=1S/C23H19F3N4O4/c1-11(31)17-16(21-28-18-13(33-2)9-6-10-14(18)34-21)22(32)30-20(27-17)15(12-7-4-3-5-8-12)19(29-30)23(24,25)26/h3-10,15,19-20,27,29H,1-2H3. The Morgan fingerprint density at radius 3 is 2.53 bits per heavy atom. The van der Waals surface area contributed by atoms with Crippen molar-refractivity contribution in [2.24, 2.45) is 0 Å². The molecule has 2 aliphatic heterocycles. The lowest BCUT2D eigenvalue weighted by atomic mass is 9.88. The number of benzene rings is 2. The summed E-state index contributed by atoms with van der Waals surface area (Å²) in [7, 11) is 1.44. The fourth-order valence-corrected chi connectivity index (χ4v) is 4.44. The number of carbonyl (C=O) groups excluding carboxylic acids is 2. The van der Waals surface area contributed by atoms with Gasteiger partial charge in [-0.1, -0.05) is 36.4 Å². The Morgan fingerprint density at radius 1 is 1.15 bits per heavy atom. The van der Waals surface area contributed by atoms with Gasteiger partial charge < -0.3 is 14.5 Å². The number of hydrazine groups is 1. The number of halogens is 3. The first-order chi connectivity index (χ1) is 16.2. The largest absolute Gasteiger partial charge is 0.494 e. The molecule has 3 unspecified atom stereocenters. The first-order valence-electron chi connectivity index (χ1n) is 10.4. The zero-order valence-electron chi connectivity index (χ0n) is 18.0. The molecule has 3 atom stereocenters. The quantitative estimate of drug-likeness (QED) is 0.602. The molecule has 5 rings (SSSR count). The van der Waals surface area contributed by atoms with Gasteiger partial charge >= 0.3 is 6.18 Å². The molecule has 2 aliphatic rings. The van der Waals surface area contributed by atoms with Crippen LogP contribution in [-0.4, -0.2) is 47.2 Å². The average Bonchev–Trinajstić information content (AvgIpc) is 3.41. The highest BCUT2D eigenvalue weighted by Crippen LogP contribution is 2.43. The molecule has 34 heavy (non-hydrogen) atoms. The van der Waals surface area contributed by atoms with Crippen LogP contribution in [0.25, 0.3) is 16.7 Å². The van der Waals surface area contributed by atoms with Gasteiger partial charge in [0.15, 0.2) is 16.9 Å². The van der Waals surface area contributed by atoms with Crippen molar-refractivity contribution in [3.05, 3.63) is 65.7 Å². The van der Waals surface area contributed by atoms with E-state index in [1.807, 2.05) is 0 Å². The molecule has 1 saturated heterocycles. The van der Waals surface area contributed by atoms with Crippen LogP contribution in [0.3, 0.4) is 0 Å². The number of amides is 1. The predicted octanol–water partition coefficient (Wildman–Crippen LogP) is 3.13. The van der Waals surface area contributed by atoms with Crippen LogP contribution in [0.5, 0.6) is 5.75 Å². The Balaban J connectivity index is 1.65. The van der Waals surface area contributed by atoms with Crippen LogP contribution < -0.4 is 15.5 Å². The summed E-state index contributed by atoms with van der Waals surface area (Å²) in [6.45, 7) is 1.22. The maximum absolute atomic E-state index is 14.0. The first kappa shape index (κ1) is 22.0. The van der Waals surface area contributed by atoms with Crippen molar-refractivity contribution in [1.29, 1.82) is 0 Å². The minimum Gasteiger partial charge on any atom is -0.494 e. The van der Waals surface area contributed by atoms with Gasteiger partial charge in [0.05, 0.1) is 18.7 Å². The van der Waals surface area contributed by atoms with Crippen molar-refractivity contribution in [3.8, 4) is 5.75 Å². The number of aromatic nitrogens is 1. The van der Waals surface area contributed by atoms with E-state index >= 15 is 0 Å². The van der Waals surface area contributed by atoms with E-state index in [1.54, 1.807) is 48.5 Å². The molecule has 2 aromatic carbocycles. The number of fused-ring (bicyclic) bond motifs is 2. The van der Waals surface area contributed by atoms with Crippen LogP contribution in [0, 0.1) is 0 Å². The first-order valence-corrected chi connectivity index (χ1v) is 10.4. The second kappa shape index (κ2) is 7.87. The lowest BCUT2D eigenvalue weighted by molar-refractivity contribution is -0.161. The molecular formula is C23H19F3N4O4. The number of carbonyl (C=O) groups is 2. The number of rotatable bonds is 4. The highest BCUT2D eigenvalue weighted by atomic mass is 19.4. The molecule has 176 valence electrons. The molecular weight excluding hydrogens is 453 g/mol. The van der Waals surface area contributed by atoms with Gasteiger partial charge in [-0.15, -0.1) is 0 Å². The van der Waals surface area contributed by atoms with Crippen molar-refractivity contribution in [1.82, 2.24) is 20.7 Å². The van der Waals surface area contributed by atoms with Crippen molar-refractivity contribution < 1.29 is 31.9 Å². The molecule has 1 fully saturated rings. The number of methoxy groups -OCH3 is 1. The maximum Gasteiger partial charge on any atom is 0.406 e.